The third-order valence-corrected chi connectivity index (χ3v) is 3.65. The van der Waals surface area contributed by atoms with Crippen LogP contribution in [0, 0.1) is 0 Å². The number of hydrogen-bond donors (Lipinski definition) is 0. The third-order valence-electron chi connectivity index (χ3n) is 3.40. The van der Waals surface area contributed by atoms with E-state index in [1.54, 1.807) is 36.4 Å². The summed E-state index contributed by atoms with van der Waals surface area (Å²) in [6.45, 7) is 1.82. The molecule has 0 saturated heterocycles. The normalized spacial score (nSPS) is 12.6. The molecule has 0 fully saturated rings. The first-order chi connectivity index (χ1) is 11.6. The number of rotatable bonds is 6. The standard InChI is InChI=1S/C18H18ClNO4/c1-12(13-8-10-14(19)11-9-13)20-24-16-7-5-4-6-15(16)17(22-2)18(21)23-3/h4-11,17H,1-3H3/b20-12+. The van der Waals surface area contributed by atoms with Crippen molar-refractivity contribution in [2.45, 2.75) is 13.0 Å². The van der Waals surface area contributed by atoms with Crippen molar-refractivity contribution in [2.75, 3.05) is 14.2 Å². The Bertz CT molecular complexity index is 728. The Labute approximate surface area is 145 Å². The number of carbonyl (C=O) groups excluding carboxylic acids is 1. The molecule has 0 amide bonds. The number of benzene rings is 2. The van der Waals surface area contributed by atoms with Crippen molar-refractivity contribution >= 4 is 23.3 Å². The lowest BCUT2D eigenvalue weighted by atomic mass is 10.1. The molecule has 0 N–H and O–H groups in total. The maximum Gasteiger partial charge on any atom is 0.339 e. The molecule has 126 valence electrons. The van der Waals surface area contributed by atoms with Gasteiger partial charge in [-0.1, -0.05) is 47.1 Å². The van der Waals surface area contributed by atoms with Crippen LogP contribution in [-0.2, 0) is 14.3 Å². The lowest BCUT2D eigenvalue weighted by Crippen LogP contribution is -2.16. The summed E-state index contributed by atoms with van der Waals surface area (Å²) in [5, 5.41) is 4.77. The highest BCUT2D eigenvalue weighted by Crippen LogP contribution is 2.28. The van der Waals surface area contributed by atoms with Gasteiger partial charge in [-0.2, -0.15) is 0 Å². The first-order valence-corrected chi connectivity index (χ1v) is 7.61. The Hall–Kier alpha value is -2.37. The summed E-state index contributed by atoms with van der Waals surface area (Å²) >= 11 is 5.88. The van der Waals surface area contributed by atoms with Gasteiger partial charge >= 0.3 is 5.97 Å². The van der Waals surface area contributed by atoms with E-state index in [0.29, 0.717) is 22.0 Å². The van der Waals surface area contributed by atoms with E-state index in [9.17, 15) is 4.79 Å². The van der Waals surface area contributed by atoms with E-state index in [2.05, 4.69) is 5.16 Å². The molecule has 5 nitrogen and oxygen atoms in total. The number of halogens is 1. The van der Waals surface area contributed by atoms with Crippen LogP contribution < -0.4 is 4.84 Å². The molecule has 0 bridgehead atoms. The van der Waals surface area contributed by atoms with Crippen molar-refractivity contribution in [3.05, 3.63) is 64.7 Å². The minimum absolute atomic E-state index is 0.420. The van der Waals surface area contributed by atoms with E-state index < -0.39 is 12.1 Å². The van der Waals surface area contributed by atoms with Gasteiger partial charge in [0.2, 0.25) is 0 Å². The summed E-state index contributed by atoms with van der Waals surface area (Å²) < 4.78 is 9.97. The molecule has 24 heavy (non-hydrogen) atoms. The molecule has 0 saturated carbocycles. The predicted molar refractivity (Wildman–Crippen MR) is 92.5 cm³/mol. The summed E-state index contributed by atoms with van der Waals surface area (Å²) in [4.78, 5) is 17.4. The SMILES string of the molecule is COC(=O)C(OC)c1ccccc1O/N=C(\C)c1ccc(Cl)cc1. The minimum Gasteiger partial charge on any atom is -0.467 e. The maximum atomic E-state index is 11.8. The van der Waals surface area contributed by atoms with E-state index in [1.165, 1.54) is 14.2 Å². The molecule has 0 heterocycles. The van der Waals surface area contributed by atoms with Crippen molar-refractivity contribution in [1.29, 1.82) is 0 Å². The summed E-state index contributed by atoms with van der Waals surface area (Å²) in [7, 11) is 2.74. The van der Waals surface area contributed by atoms with Crippen LogP contribution in [0.25, 0.3) is 0 Å². The monoisotopic (exact) mass is 347 g/mol. The molecule has 2 rings (SSSR count). The van der Waals surface area contributed by atoms with Crippen molar-refractivity contribution in [3.63, 3.8) is 0 Å². The first-order valence-electron chi connectivity index (χ1n) is 7.24. The second-order valence-corrected chi connectivity index (χ2v) is 5.39. The summed E-state index contributed by atoms with van der Waals surface area (Å²) in [6, 6.07) is 14.3. The van der Waals surface area contributed by atoms with Gasteiger partial charge in [0.1, 0.15) is 0 Å². The number of para-hydroxylation sites is 1. The van der Waals surface area contributed by atoms with Crippen molar-refractivity contribution in [3.8, 4) is 5.75 Å². The lowest BCUT2D eigenvalue weighted by molar-refractivity contribution is -0.152. The van der Waals surface area contributed by atoms with Gasteiger partial charge < -0.3 is 14.3 Å². The van der Waals surface area contributed by atoms with E-state index in [4.69, 9.17) is 25.9 Å². The summed E-state index contributed by atoms with van der Waals surface area (Å²) in [5.41, 5.74) is 2.10. The average molecular weight is 348 g/mol. The second-order valence-electron chi connectivity index (χ2n) is 4.95. The van der Waals surface area contributed by atoms with Crippen molar-refractivity contribution in [2.24, 2.45) is 5.16 Å². The Kier molecular flexibility index (Phi) is 6.35. The number of esters is 1. The molecule has 2 aromatic carbocycles. The topological polar surface area (TPSA) is 57.1 Å². The number of carbonyl (C=O) groups is 1. The van der Waals surface area contributed by atoms with E-state index in [1.807, 2.05) is 19.1 Å². The van der Waals surface area contributed by atoms with Gasteiger partial charge in [-0.3, -0.25) is 0 Å². The number of oxime groups is 1. The summed E-state index contributed by atoms with van der Waals surface area (Å²) in [5.74, 6) is -0.0879. The first kappa shape index (κ1) is 18.0. The smallest absolute Gasteiger partial charge is 0.339 e. The highest BCUT2D eigenvalue weighted by atomic mass is 35.5. The summed E-state index contributed by atoms with van der Waals surface area (Å²) in [6.07, 6.45) is -0.878. The zero-order chi connectivity index (χ0) is 17.5. The highest BCUT2D eigenvalue weighted by Gasteiger charge is 2.24. The fourth-order valence-electron chi connectivity index (χ4n) is 2.10. The molecular weight excluding hydrogens is 330 g/mol. The van der Waals surface area contributed by atoms with Gasteiger partial charge in [-0.05, 0) is 30.7 Å². The van der Waals surface area contributed by atoms with E-state index in [-0.39, 0.29) is 0 Å². The van der Waals surface area contributed by atoms with E-state index >= 15 is 0 Å². The predicted octanol–water partition coefficient (Wildman–Crippen LogP) is 4.00. The molecule has 1 atom stereocenters. The van der Waals surface area contributed by atoms with Crippen LogP contribution in [0.5, 0.6) is 5.75 Å². The molecule has 0 aliphatic carbocycles. The number of methoxy groups -OCH3 is 2. The second kappa shape index (κ2) is 8.47. The van der Waals surface area contributed by atoms with Crippen LogP contribution >= 0.6 is 11.6 Å². The fourth-order valence-corrected chi connectivity index (χ4v) is 2.22. The number of nitrogens with zero attached hydrogens (tertiary/aromatic N) is 1. The van der Waals surface area contributed by atoms with Crippen LogP contribution in [-0.4, -0.2) is 25.9 Å². The molecule has 0 aliphatic heterocycles. The Morgan fingerprint density at radius 1 is 1.08 bits per heavy atom. The van der Waals surface area contributed by atoms with Crippen LogP contribution in [0.1, 0.15) is 24.2 Å². The zero-order valence-electron chi connectivity index (χ0n) is 13.7. The van der Waals surface area contributed by atoms with Crippen LogP contribution in [0.15, 0.2) is 53.7 Å². The molecule has 6 heteroatoms. The van der Waals surface area contributed by atoms with Crippen LogP contribution in [0.4, 0.5) is 0 Å². The molecular formula is C18H18ClNO4. The van der Waals surface area contributed by atoms with E-state index in [0.717, 1.165) is 5.56 Å². The average Bonchev–Trinajstić information content (AvgIpc) is 2.61. The minimum atomic E-state index is -0.878. The largest absolute Gasteiger partial charge is 0.467 e. The molecule has 0 aromatic heterocycles. The van der Waals surface area contributed by atoms with Gasteiger partial charge in [-0.25, -0.2) is 4.79 Å². The molecule has 0 aliphatic rings. The van der Waals surface area contributed by atoms with Gasteiger partial charge in [-0.15, -0.1) is 0 Å². The van der Waals surface area contributed by atoms with Gasteiger partial charge in [0.15, 0.2) is 11.9 Å². The Balaban J connectivity index is 2.25. The lowest BCUT2D eigenvalue weighted by Gasteiger charge is -2.15. The molecule has 1 unspecified atom stereocenters. The highest BCUT2D eigenvalue weighted by molar-refractivity contribution is 6.30. The molecule has 0 spiro atoms. The van der Waals surface area contributed by atoms with Gasteiger partial charge in [0, 0.05) is 17.7 Å². The Morgan fingerprint density at radius 3 is 2.38 bits per heavy atom. The fraction of sp³-hybridized carbons (Fsp3) is 0.222. The number of hydrogen-bond acceptors (Lipinski definition) is 5. The molecule has 0 radical (unpaired) electrons. The number of ether oxygens (including phenoxy) is 2. The van der Waals surface area contributed by atoms with Gasteiger partial charge in [0.05, 0.1) is 12.8 Å². The van der Waals surface area contributed by atoms with Crippen molar-refractivity contribution < 1.29 is 19.1 Å². The van der Waals surface area contributed by atoms with Crippen molar-refractivity contribution in [1.82, 2.24) is 0 Å². The maximum absolute atomic E-state index is 11.8. The van der Waals surface area contributed by atoms with Crippen LogP contribution in [0.3, 0.4) is 0 Å². The quantitative estimate of drug-likeness (QED) is 0.450. The Morgan fingerprint density at radius 2 is 1.75 bits per heavy atom. The third kappa shape index (κ3) is 4.34. The zero-order valence-corrected chi connectivity index (χ0v) is 14.4. The van der Waals surface area contributed by atoms with Gasteiger partial charge in [0.25, 0.3) is 0 Å². The molecule has 2 aromatic rings. The van der Waals surface area contributed by atoms with Crippen LogP contribution in [0.2, 0.25) is 5.02 Å².